The number of hydrogen-bond acceptors (Lipinski definition) is 5. The zero-order valence-electron chi connectivity index (χ0n) is 6.94. The van der Waals surface area contributed by atoms with Crippen molar-refractivity contribution >= 4 is 12.1 Å². The van der Waals surface area contributed by atoms with Gasteiger partial charge in [0.05, 0.1) is 6.61 Å². The standard InChI is InChI=1S/C6H8N2O2.CO2/c1-2-10-6(9)5-3-4-7-8-5;2-1-3/h3-4H,2H2,1H3,(H,7,8);. The maximum atomic E-state index is 10.8. The summed E-state index contributed by atoms with van der Waals surface area (Å²) in [4.78, 5) is 27.1. The summed E-state index contributed by atoms with van der Waals surface area (Å²) in [6.45, 7) is 2.14. The summed E-state index contributed by atoms with van der Waals surface area (Å²) in [5.74, 6) is -0.385. The molecular formula is C7H8N2O4. The Morgan fingerprint density at radius 1 is 1.69 bits per heavy atom. The van der Waals surface area contributed by atoms with Crippen LogP contribution in [0, 0.1) is 0 Å². The molecule has 0 saturated carbocycles. The molecule has 0 spiro atoms. The van der Waals surface area contributed by atoms with Crippen LogP contribution in [-0.4, -0.2) is 28.9 Å². The summed E-state index contributed by atoms with van der Waals surface area (Å²) >= 11 is 0. The van der Waals surface area contributed by atoms with E-state index in [0.717, 1.165) is 0 Å². The summed E-state index contributed by atoms with van der Waals surface area (Å²) in [5.41, 5.74) is 0.321. The monoisotopic (exact) mass is 184 g/mol. The lowest BCUT2D eigenvalue weighted by Gasteiger charge is -1.94. The number of carbonyl (C=O) groups excluding carboxylic acids is 3. The molecule has 13 heavy (non-hydrogen) atoms. The van der Waals surface area contributed by atoms with E-state index in [4.69, 9.17) is 9.59 Å². The van der Waals surface area contributed by atoms with Crippen LogP contribution in [0.1, 0.15) is 17.4 Å². The largest absolute Gasteiger partial charge is 0.461 e. The molecule has 0 aliphatic rings. The molecule has 0 aliphatic carbocycles. The van der Waals surface area contributed by atoms with Crippen molar-refractivity contribution in [3.8, 4) is 0 Å². The maximum absolute atomic E-state index is 10.8. The molecule has 0 atom stereocenters. The number of nitrogens with zero attached hydrogens (tertiary/aromatic N) is 1. The zero-order valence-corrected chi connectivity index (χ0v) is 6.94. The molecule has 0 saturated heterocycles. The lowest BCUT2D eigenvalue weighted by Crippen LogP contribution is -2.04. The number of esters is 1. The third kappa shape index (κ3) is 4.49. The van der Waals surface area contributed by atoms with Crippen molar-refractivity contribution in [1.82, 2.24) is 10.2 Å². The normalized spacial score (nSPS) is 7.77. The van der Waals surface area contributed by atoms with Gasteiger partial charge in [-0.25, -0.2) is 4.79 Å². The van der Waals surface area contributed by atoms with E-state index in [1.807, 2.05) is 0 Å². The van der Waals surface area contributed by atoms with Crippen molar-refractivity contribution in [1.29, 1.82) is 0 Å². The van der Waals surface area contributed by atoms with Gasteiger partial charge in [-0.1, -0.05) is 0 Å². The number of H-pyrrole nitrogens is 1. The van der Waals surface area contributed by atoms with Crippen molar-refractivity contribution in [2.45, 2.75) is 6.92 Å². The smallest absolute Gasteiger partial charge is 0.373 e. The van der Waals surface area contributed by atoms with Gasteiger partial charge in [0, 0.05) is 6.20 Å². The maximum Gasteiger partial charge on any atom is 0.373 e. The molecule has 0 unspecified atom stereocenters. The molecule has 0 bridgehead atoms. The first-order chi connectivity index (χ1) is 6.26. The topological polar surface area (TPSA) is 89.1 Å². The van der Waals surface area contributed by atoms with Gasteiger partial charge in [0.2, 0.25) is 0 Å². The van der Waals surface area contributed by atoms with E-state index in [1.165, 1.54) is 0 Å². The van der Waals surface area contributed by atoms with Crippen LogP contribution in [0.4, 0.5) is 0 Å². The molecule has 0 radical (unpaired) electrons. The predicted molar refractivity (Wildman–Crippen MR) is 39.6 cm³/mol. The predicted octanol–water partition coefficient (Wildman–Crippen LogP) is 0.00290. The number of rotatable bonds is 2. The van der Waals surface area contributed by atoms with Gasteiger partial charge in [0.15, 0.2) is 5.69 Å². The second-order valence-corrected chi connectivity index (χ2v) is 1.76. The van der Waals surface area contributed by atoms with Gasteiger partial charge in [-0.3, -0.25) is 5.10 Å². The second-order valence-electron chi connectivity index (χ2n) is 1.76. The molecule has 1 heterocycles. The van der Waals surface area contributed by atoms with Gasteiger partial charge >= 0.3 is 12.1 Å². The molecule has 6 heteroatoms. The number of ether oxygens (including phenoxy) is 1. The molecular weight excluding hydrogens is 176 g/mol. The third-order valence-corrected chi connectivity index (χ3v) is 0.985. The van der Waals surface area contributed by atoms with Crippen molar-refractivity contribution in [3.63, 3.8) is 0 Å². The fraction of sp³-hybridized carbons (Fsp3) is 0.286. The van der Waals surface area contributed by atoms with E-state index in [-0.39, 0.29) is 12.1 Å². The first-order valence-corrected chi connectivity index (χ1v) is 3.42. The van der Waals surface area contributed by atoms with Crippen LogP contribution < -0.4 is 0 Å². The Balaban J connectivity index is 0.000000424. The number of aromatic amines is 1. The summed E-state index contributed by atoms with van der Waals surface area (Å²) in [5, 5.41) is 6.15. The summed E-state index contributed by atoms with van der Waals surface area (Å²) in [6.07, 6.45) is 1.83. The summed E-state index contributed by atoms with van der Waals surface area (Å²) < 4.78 is 4.66. The molecule has 0 amide bonds. The minimum Gasteiger partial charge on any atom is -0.461 e. The SMILES string of the molecule is CCOC(=O)c1cc[nH]n1.O=C=O. The van der Waals surface area contributed by atoms with E-state index in [0.29, 0.717) is 12.3 Å². The van der Waals surface area contributed by atoms with E-state index < -0.39 is 0 Å². The fourth-order valence-corrected chi connectivity index (χ4v) is 0.579. The molecule has 0 aromatic carbocycles. The number of hydrogen-bond donors (Lipinski definition) is 1. The van der Waals surface area contributed by atoms with Crippen LogP contribution in [0.25, 0.3) is 0 Å². The van der Waals surface area contributed by atoms with E-state index in [9.17, 15) is 4.79 Å². The van der Waals surface area contributed by atoms with Crippen molar-refractivity contribution < 1.29 is 19.1 Å². The number of carbonyl (C=O) groups is 1. The molecule has 0 aliphatic heterocycles. The Bertz CT molecular complexity index is 275. The minimum absolute atomic E-state index is 0.250. The van der Waals surface area contributed by atoms with E-state index in [1.54, 1.807) is 19.2 Å². The average molecular weight is 184 g/mol. The number of aromatic nitrogens is 2. The van der Waals surface area contributed by atoms with Gasteiger partial charge in [-0.2, -0.15) is 14.7 Å². The summed E-state index contributed by atoms with van der Waals surface area (Å²) in [6, 6.07) is 1.57. The number of nitrogens with one attached hydrogen (secondary N) is 1. The minimum atomic E-state index is -0.385. The molecule has 70 valence electrons. The van der Waals surface area contributed by atoms with Gasteiger partial charge < -0.3 is 4.74 Å². The van der Waals surface area contributed by atoms with Crippen LogP contribution >= 0.6 is 0 Å². The first kappa shape index (κ1) is 11.1. The molecule has 1 aromatic heterocycles. The molecule has 1 N–H and O–H groups in total. The fourth-order valence-electron chi connectivity index (χ4n) is 0.579. The Morgan fingerprint density at radius 3 is 2.69 bits per heavy atom. The Hall–Kier alpha value is -1.94. The zero-order chi connectivity index (χ0) is 10.1. The highest BCUT2D eigenvalue weighted by molar-refractivity contribution is 5.86. The van der Waals surface area contributed by atoms with Crippen LogP contribution in [0.15, 0.2) is 12.3 Å². The highest BCUT2D eigenvalue weighted by Gasteiger charge is 2.06. The van der Waals surface area contributed by atoms with Gasteiger partial charge in [0.1, 0.15) is 0 Å². The van der Waals surface area contributed by atoms with Crippen molar-refractivity contribution in [3.05, 3.63) is 18.0 Å². The van der Waals surface area contributed by atoms with Gasteiger partial charge in [0.25, 0.3) is 0 Å². The molecule has 6 nitrogen and oxygen atoms in total. The highest BCUT2D eigenvalue weighted by atomic mass is 16.5. The van der Waals surface area contributed by atoms with Gasteiger partial charge in [-0.15, -0.1) is 0 Å². The first-order valence-electron chi connectivity index (χ1n) is 3.42. The lowest BCUT2D eigenvalue weighted by molar-refractivity contribution is -0.191. The van der Waals surface area contributed by atoms with Crippen LogP contribution in [0.5, 0.6) is 0 Å². The van der Waals surface area contributed by atoms with E-state index >= 15 is 0 Å². The Morgan fingerprint density at radius 2 is 2.31 bits per heavy atom. The van der Waals surface area contributed by atoms with Crippen molar-refractivity contribution in [2.24, 2.45) is 0 Å². The highest BCUT2D eigenvalue weighted by Crippen LogP contribution is 1.93. The average Bonchev–Trinajstić information content (AvgIpc) is 2.58. The van der Waals surface area contributed by atoms with Crippen LogP contribution in [-0.2, 0) is 14.3 Å². The van der Waals surface area contributed by atoms with E-state index in [2.05, 4.69) is 14.9 Å². The quantitative estimate of drug-likeness (QED) is 0.653. The van der Waals surface area contributed by atoms with Gasteiger partial charge in [-0.05, 0) is 13.0 Å². The molecule has 0 fully saturated rings. The van der Waals surface area contributed by atoms with Crippen LogP contribution in [0.3, 0.4) is 0 Å². The lowest BCUT2D eigenvalue weighted by atomic mass is 10.4. The Labute approximate surface area is 73.9 Å². The third-order valence-electron chi connectivity index (χ3n) is 0.985. The molecule has 1 rings (SSSR count). The summed E-state index contributed by atoms with van der Waals surface area (Å²) in [7, 11) is 0. The Kier molecular flexibility index (Phi) is 5.74. The second kappa shape index (κ2) is 6.75. The van der Waals surface area contributed by atoms with Crippen molar-refractivity contribution in [2.75, 3.05) is 6.61 Å². The molecule has 1 aromatic rings. The van der Waals surface area contributed by atoms with Crippen LogP contribution in [0.2, 0.25) is 0 Å².